The van der Waals surface area contributed by atoms with Gasteiger partial charge in [0.2, 0.25) is 17.7 Å². The first-order valence-corrected chi connectivity index (χ1v) is 16.8. The fourth-order valence-corrected chi connectivity index (χ4v) is 7.37. The largest absolute Gasteiger partial charge is 0.469 e. The molecule has 0 radical (unpaired) electrons. The molecule has 13 nitrogen and oxygen atoms in total. The van der Waals surface area contributed by atoms with Gasteiger partial charge in [0.05, 0.1) is 5.69 Å². The fraction of sp³-hybridized carbons (Fsp3) is 0.250. The molecule has 3 aliphatic heterocycles. The molecule has 1 spiro atoms. The van der Waals surface area contributed by atoms with Crippen LogP contribution in [0.2, 0.25) is 0 Å². The second kappa shape index (κ2) is 12.1. The number of amides is 3. The van der Waals surface area contributed by atoms with E-state index in [2.05, 4.69) is 36.9 Å². The zero-order valence-electron chi connectivity index (χ0n) is 26.9. The summed E-state index contributed by atoms with van der Waals surface area (Å²) in [5.74, 6) is -0.345. The third kappa shape index (κ3) is 5.09. The lowest BCUT2D eigenvalue weighted by Gasteiger charge is -2.28. The first kappa shape index (κ1) is 31.6. The molecule has 2 unspecified atom stereocenters. The number of rotatable bonds is 6. The highest BCUT2D eigenvalue weighted by Crippen LogP contribution is 2.60. The van der Waals surface area contributed by atoms with Gasteiger partial charge in [-0.2, -0.15) is 0 Å². The van der Waals surface area contributed by atoms with Crippen LogP contribution in [-0.2, 0) is 28.0 Å². The number of carbonyl (C=O) groups is 3. The number of fused-ring (bicyclic) bond motifs is 4. The van der Waals surface area contributed by atoms with Crippen molar-refractivity contribution in [3.63, 3.8) is 0 Å². The van der Waals surface area contributed by atoms with E-state index in [4.69, 9.17) is 29.0 Å². The van der Waals surface area contributed by atoms with Gasteiger partial charge in [0.25, 0.3) is 5.91 Å². The second-order valence-corrected chi connectivity index (χ2v) is 13.6. The number of hydrogen-bond donors (Lipinski definition) is 4. The van der Waals surface area contributed by atoms with Crippen LogP contribution in [0.1, 0.15) is 64.3 Å². The van der Waals surface area contributed by atoms with Crippen LogP contribution in [0, 0.1) is 5.92 Å². The minimum Gasteiger partial charge on any atom is -0.469 e. The van der Waals surface area contributed by atoms with E-state index >= 15 is 0 Å². The fourth-order valence-electron chi connectivity index (χ4n) is 6.89. The molecule has 4 atom stereocenters. The zero-order chi connectivity index (χ0) is 34.7. The lowest BCUT2D eigenvalue weighted by Crippen LogP contribution is -2.49. The number of primary amides is 1. The van der Waals surface area contributed by atoms with Crippen molar-refractivity contribution in [3.05, 3.63) is 117 Å². The SMILES string of the molecule is CC(C)[C@@H]1NC(=O)[C@@H](NC(=O)OCc2ccccc2)Cc2ccc3c(c2)C2(c4cccc(Br)c4NC2O3)c2oc1nc2-c1nc(C(N)=O)co1. The summed E-state index contributed by atoms with van der Waals surface area (Å²) in [6.07, 6.45) is -0.117. The molecule has 5 heterocycles. The van der Waals surface area contributed by atoms with Gasteiger partial charge in [0, 0.05) is 22.0 Å². The topological polar surface area (TPSA) is 184 Å². The second-order valence-electron chi connectivity index (χ2n) is 12.8. The number of benzene rings is 3. The normalized spacial score (nSPS) is 21.5. The molecule has 3 amide bonds. The number of ether oxygens (including phenoxy) is 2. The summed E-state index contributed by atoms with van der Waals surface area (Å²) < 4.78 is 25.5. The van der Waals surface area contributed by atoms with Gasteiger partial charge in [0.1, 0.15) is 36.1 Å². The van der Waals surface area contributed by atoms with E-state index in [0.717, 1.165) is 32.4 Å². The quantitative estimate of drug-likeness (QED) is 0.178. The third-order valence-electron chi connectivity index (χ3n) is 9.27. The van der Waals surface area contributed by atoms with Gasteiger partial charge in [-0.25, -0.2) is 14.8 Å². The number of nitrogens with zero attached hydrogens (tertiary/aromatic N) is 2. The Morgan fingerprint density at radius 1 is 1.08 bits per heavy atom. The van der Waals surface area contributed by atoms with Gasteiger partial charge in [-0.15, -0.1) is 0 Å². The number of hydrogen-bond acceptors (Lipinski definition) is 10. The van der Waals surface area contributed by atoms with Crippen molar-refractivity contribution in [2.45, 2.75) is 50.6 Å². The third-order valence-corrected chi connectivity index (χ3v) is 9.93. The molecule has 0 aliphatic carbocycles. The van der Waals surface area contributed by atoms with Gasteiger partial charge >= 0.3 is 6.09 Å². The predicted octanol–water partition coefficient (Wildman–Crippen LogP) is 5.33. The maximum atomic E-state index is 14.1. The molecule has 5 aromatic rings. The average Bonchev–Trinajstić information content (AvgIpc) is 3.88. The molecule has 4 bridgehead atoms. The Balaban J connectivity index is 1.30. The van der Waals surface area contributed by atoms with E-state index in [1.807, 2.05) is 80.6 Å². The summed E-state index contributed by atoms with van der Waals surface area (Å²) in [5, 5.41) is 9.36. The maximum Gasteiger partial charge on any atom is 0.408 e. The Bertz CT molecular complexity index is 2160. The van der Waals surface area contributed by atoms with E-state index in [-0.39, 0.29) is 42.1 Å². The molecule has 8 rings (SSSR count). The molecule has 14 heteroatoms. The van der Waals surface area contributed by atoms with Gasteiger partial charge in [0.15, 0.2) is 23.4 Å². The van der Waals surface area contributed by atoms with Crippen molar-refractivity contribution in [2.24, 2.45) is 11.7 Å². The van der Waals surface area contributed by atoms with Crippen LogP contribution in [0.4, 0.5) is 10.5 Å². The molecule has 0 saturated carbocycles. The first-order chi connectivity index (χ1) is 24.1. The molecule has 3 aromatic carbocycles. The molecular weight excluding hydrogens is 708 g/mol. The highest BCUT2D eigenvalue weighted by molar-refractivity contribution is 9.10. The van der Waals surface area contributed by atoms with E-state index in [0.29, 0.717) is 11.5 Å². The monoisotopic (exact) mass is 738 g/mol. The van der Waals surface area contributed by atoms with Crippen molar-refractivity contribution >= 4 is 39.5 Å². The Hall–Kier alpha value is -5.63. The van der Waals surface area contributed by atoms with E-state index in [1.165, 1.54) is 6.26 Å². The number of alkyl carbamates (subject to hydrolysis) is 1. The minimum absolute atomic E-state index is 0.00869. The summed E-state index contributed by atoms with van der Waals surface area (Å²) in [7, 11) is 0. The van der Waals surface area contributed by atoms with Crippen molar-refractivity contribution in [3.8, 4) is 17.3 Å². The van der Waals surface area contributed by atoms with Gasteiger partial charge < -0.3 is 40.0 Å². The molecule has 5 N–H and O–H groups in total. The zero-order valence-corrected chi connectivity index (χ0v) is 28.4. The summed E-state index contributed by atoms with van der Waals surface area (Å²) in [6.45, 7) is 3.87. The molecule has 0 saturated heterocycles. The van der Waals surface area contributed by atoms with Crippen LogP contribution in [0.3, 0.4) is 0 Å². The average molecular weight is 740 g/mol. The first-order valence-electron chi connectivity index (χ1n) is 16.0. The van der Waals surface area contributed by atoms with Crippen molar-refractivity contribution in [1.29, 1.82) is 0 Å². The Morgan fingerprint density at radius 3 is 2.66 bits per heavy atom. The highest BCUT2D eigenvalue weighted by atomic mass is 79.9. The number of halogens is 1. The Kier molecular flexibility index (Phi) is 7.62. The summed E-state index contributed by atoms with van der Waals surface area (Å²) in [5.41, 5.74) is 8.46. The number of nitrogens with two attached hydrogens (primary N) is 1. The highest BCUT2D eigenvalue weighted by Gasteiger charge is 2.61. The summed E-state index contributed by atoms with van der Waals surface area (Å²) in [6, 6.07) is 19.0. The van der Waals surface area contributed by atoms with Crippen LogP contribution in [-0.4, -0.2) is 40.1 Å². The molecule has 3 aliphatic rings. The van der Waals surface area contributed by atoms with Crippen molar-refractivity contribution in [2.75, 3.05) is 5.32 Å². The van der Waals surface area contributed by atoms with Crippen LogP contribution in [0.5, 0.6) is 5.75 Å². The molecule has 0 fully saturated rings. The van der Waals surface area contributed by atoms with Crippen molar-refractivity contribution in [1.82, 2.24) is 20.6 Å². The number of aromatic nitrogens is 2. The van der Waals surface area contributed by atoms with E-state index in [1.54, 1.807) is 0 Å². The number of anilines is 1. The summed E-state index contributed by atoms with van der Waals surface area (Å²) in [4.78, 5) is 48.5. The number of nitrogens with one attached hydrogen (secondary N) is 3. The molecule has 50 heavy (non-hydrogen) atoms. The van der Waals surface area contributed by atoms with Crippen LogP contribution in [0.25, 0.3) is 11.6 Å². The van der Waals surface area contributed by atoms with Gasteiger partial charge in [-0.1, -0.05) is 68.4 Å². The standard InChI is InChI=1S/C36H31BrN6O7/c1-17(2)26-33-42-28(32-39-24(16-47-32)30(38)44)29(50-33)36-20-9-6-10-22(37)27(20)43-34(36)49-25-12-11-19(13-21(25)36)14-23(31(45)41-26)40-35(46)48-15-18-7-4-3-5-8-18/h3-13,16-17,23,26,34,43H,14-15H2,1-2H3,(H2,38,44)(H,40,46)(H,41,45)/t23-,26-,34?,36?/m0/s1. The minimum atomic E-state index is -1.13. The van der Waals surface area contributed by atoms with Gasteiger partial charge in [-0.05, 0) is 45.1 Å². The molecule has 254 valence electrons. The number of para-hydroxylation sites is 1. The number of carbonyl (C=O) groups excluding carboxylic acids is 3. The van der Waals surface area contributed by atoms with Crippen molar-refractivity contribution < 1.29 is 32.7 Å². The van der Waals surface area contributed by atoms with Crippen LogP contribution >= 0.6 is 15.9 Å². The van der Waals surface area contributed by atoms with Crippen LogP contribution < -0.4 is 26.4 Å². The van der Waals surface area contributed by atoms with E-state index in [9.17, 15) is 14.4 Å². The maximum absolute atomic E-state index is 14.1. The Labute approximate surface area is 294 Å². The molecule has 2 aromatic heterocycles. The smallest absolute Gasteiger partial charge is 0.408 e. The van der Waals surface area contributed by atoms with Crippen LogP contribution in [0.15, 0.2) is 86.3 Å². The molecular formula is C36H31BrN6O7. The van der Waals surface area contributed by atoms with Gasteiger partial charge in [-0.3, -0.25) is 9.59 Å². The lowest BCUT2D eigenvalue weighted by atomic mass is 9.72. The van der Waals surface area contributed by atoms with E-state index < -0.39 is 41.6 Å². The summed E-state index contributed by atoms with van der Waals surface area (Å²) >= 11 is 3.69. The lowest BCUT2D eigenvalue weighted by molar-refractivity contribution is -0.124. The predicted molar refractivity (Wildman–Crippen MR) is 182 cm³/mol. The Morgan fingerprint density at radius 2 is 1.90 bits per heavy atom. The number of oxazole rings is 2.